The normalized spacial score (nSPS) is 12.5. The number of esters is 2. The molecule has 164 valence electrons. The Labute approximate surface area is 172 Å². The molecule has 0 fully saturated rings. The Balaban J connectivity index is 2.39. The zero-order valence-electron chi connectivity index (χ0n) is 17.9. The number of phosphoric acid groups is 1. The van der Waals surface area contributed by atoms with Crippen LogP contribution in [0.2, 0.25) is 0 Å². The molecule has 0 aliphatic carbocycles. The molecule has 9 heteroatoms. The molecule has 0 aliphatic heterocycles. The maximum atomic E-state index is 12.8. The number of benzene rings is 1. The molecular formula is C20H31O8P. The predicted octanol–water partition coefficient (Wildman–Crippen LogP) is 4.77. The van der Waals surface area contributed by atoms with E-state index in [0.29, 0.717) is 0 Å². The van der Waals surface area contributed by atoms with Crippen LogP contribution in [0.1, 0.15) is 59.9 Å². The lowest BCUT2D eigenvalue weighted by Crippen LogP contribution is -2.25. The summed E-state index contributed by atoms with van der Waals surface area (Å²) < 4.78 is 38.7. The van der Waals surface area contributed by atoms with Gasteiger partial charge in [-0.05, 0) is 47.1 Å². The Morgan fingerprint density at radius 3 is 1.79 bits per heavy atom. The van der Waals surface area contributed by atoms with E-state index >= 15 is 0 Å². The summed E-state index contributed by atoms with van der Waals surface area (Å²) in [6.45, 7) is 9.69. The third-order valence-electron chi connectivity index (χ3n) is 2.98. The van der Waals surface area contributed by atoms with Crippen LogP contribution >= 0.6 is 7.82 Å². The summed E-state index contributed by atoms with van der Waals surface area (Å²) in [6, 6.07) is 9.20. The van der Waals surface area contributed by atoms with E-state index in [0.717, 1.165) is 5.56 Å². The standard InChI is InChI=1S/C20H31O8P/c1-19(2,3)27-29(23,28-20(4,5)6)26-15-25-18(22)13-12-17(21)24-14-16-10-8-7-9-11-16/h7-11H,12-15H2,1-6H3. The molecule has 0 aromatic heterocycles. The van der Waals surface area contributed by atoms with Crippen molar-refractivity contribution >= 4 is 19.8 Å². The van der Waals surface area contributed by atoms with Crippen LogP contribution in [0, 0.1) is 0 Å². The number of hydrogen-bond acceptors (Lipinski definition) is 8. The van der Waals surface area contributed by atoms with Crippen molar-refractivity contribution in [2.24, 2.45) is 0 Å². The lowest BCUT2D eigenvalue weighted by Gasteiger charge is -2.30. The third-order valence-corrected chi connectivity index (χ3v) is 4.94. The van der Waals surface area contributed by atoms with Crippen molar-refractivity contribution in [2.75, 3.05) is 6.79 Å². The van der Waals surface area contributed by atoms with Crippen LogP contribution in [0.4, 0.5) is 0 Å². The minimum absolute atomic E-state index is 0.134. The van der Waals surface area contributed by atoms with Crippen molar-refractivity contribution in [1.29, 1.82) is 0 Å². The van der Waals surface area contributed by atoms with Crippen molar-refractivity contribution < 1.29 is 37.2 Å². The number of ether oxygens (including phenoxy) is 2. The monoisotopic (exact) mass is 430 g/mol. The fourth-order valence-corrected chi connectivity index (χ4v) is 3.65. The summed E-state index contributed by atoms with van der Waals surface area (Å²) in [5, 5.41) is 0. The van der Waals surface area contributed by atoms with Crippen molar-refractivity contribution in [3.05, 3.63) is 35.9 Å². The van der Waals surface area contributed by atoms with E-state index in [4.69, 9.17) is 23.0 Å². The van der Waals surface area contributed by atoms with E-state index in [2.05, 4.69) is 0 Å². The van der Waals surface area contributed by atoms with Gasteiger partial charge in [0.05, 0.1) is 24.0 Å². The van der Waals surface area contributed by atoms with Gasteiger partial charge in [0.2, 0.25) is 6.79 Å². The molecule has 0 bridgehead atoms. The van der Waals surface area contributed by atoms with Gasteiger partial charge in [-0.15, -0.1) is 0 Å². The molecule has 0 saturated heterocycles. The van der Waals surface area contributed by atoms with Gasteiger partial charge in [-0.2, -0.15) is 0 Å². The Kier molecular flexibility index (Phi) is 9.49. The minimum Gasteiger partial charge on any atom is -0.461 e. The first kappa shape index (κ1) is 25.3. The molecule has 0 aliphatic rings. The fraction of sp³-hybridized carbons (Fsp3) is 0.600. The number of phosphoric ester groups is 1. The van der Waals surface area contributed by atoms with Crippen LogP contribution < -0.4 is 0 Å². The lowest BCUT2D eigenvalue weighted by atomic mass is 10.2. The number of rotatable bonds is 10. The molecule has 0 atom stereocenters. The van der Waals surface area contributed by atoms with E-state index in [-0.39, 0.29) is 19.4 Å². The van der Waals surface area contributed by atoms with Gasteiger partial charge in [-0.1, -0.05) is 30.3 Å². The summed E-state index contributed by atoms with van der Waals surface area (Å²) in [7, 11) is -3.97. The van der Waals surface area contributed by atoms with Crippen molar-refractivity contribution in [1.82, 2.24) is 0 Å². The summed E-state index contributed by atoms with van der Waals surface area (Å²) in [5.74, 6) is -1.22. The summed E-state index contributed by atoms with van der Waals surface area (Å²) in [5.41, 5.74) is -0.745. The fourth-order valence-electron chi connectivity index (χ4n) is 1.99. The van der Waals surface area contributed by atoms with Gasteiger partial charge >= 0.3 is 19.8 Å². The smallest absolute Gasteiger partial charge is 0.461 e. The predicted molar refractivity (Wildman–Crippen MR) is 107 cm³/mol. The highest BCUT2D eigenvalue weighted by atomic mass is 31.2. The molecule has 29 heavy (non-hydrogen) atoms. The van der Waals surface area contributed by atoms with Gasteiger partial charge in [0.1, 0.15) is 6.61 Å². The molecule has 0 N–H and O–H groups in total. The molecule has 0 heterocycles. The molecule has 0 radical (unpaired) electrons. The topological polar surface area (TPSA) is 97.4 Å². The average Bonchev–Trinajstić information content (AvgIpc) is 2.55. The minimum atomic E-state index is -3.97. The molecule has 8 nitrogen and oxygen atoms in total. The van der Waals surface area contributed by atoms with Crippen LogP contribution in [0.5, 0.6) is 0 Å². The van der Waals surface area contributed by atoms with E-state index < -0.39 is 37.8 Å². The Bertz CT molecular complexity index is 683. The van der Waals surface area contributed by atoms with Crippen LogP contribution in [-0.4, -0.2) is 29.9 Å². The van der Waals surface area contributed by atoms with Crippen LogP contribution in [0.15, 0.2) is 30.3 Å². The van der Waals surface area contributed by atoms with E-state index in [9.17, 15) is 14.2 Å². The molecule has 0 unspecified atom stereocenters. The summed E-state index contributed by atoms with van der Waals surface area (Å²) in [6.07, 6.45) is -0.331. The molecule has 1 rings (SSSR count). The Hall–Kier alpha value is -1.73. The van der Waals surface area contributed by atoms with Crippen molar-refractivity contribution in [3.8, 4) is 0 Å². The largest absolute Gasteiger partial charge is 0.478 e. The second-order valence-corrected chi connectivity index (χ2v) is 9.78. The maximum absolute atomic E-state index is 12.8. The van der Waals surface area contributed by atoms with E-state index in [1.807, 2.05) is 30.3 Å². The van der Waals surface area contributed by atoms with Crippen molar-refractivity contribution in [2.45, 2.75) is 72.2 Å². The first-order valence-electron chi connectivity index (χ1n) is 9.29. The molecule has 0 spiro atoms. The average molecular weight is 430 g/mol. The lowest BCUT2D eigenvalue weighted by molar-refractivity contribution is -0.156. The van der Waals surface area contributed by atoms with Gasteiger partial charge in [-0.25, -0.2) is 9.09 Å². The summed E-state index contributed by atoms with van der Waals surface area (Å²) >= 11 is 0. The maximum Gasteiger partial charge on any atom is 0.478 e. The quantitative estimate of drug-likeness (QED) is 0.298. The molecule has 0 saturated carbocycles. The zero-order chi connectivity index (χ0) is 22.1. The van der Waals surface area contributed by atoms with Gasteiger partial charge in [-0.3, -0.25) is 18.6 Å². The van der Waals surface area contributed by atoms with Gasteiger partial charge in [0.25, 0.3) is 0 Å². The second-order valence-electron chi connectivity index (χ2n) is 8.26. The zero-order valence-corrected chi connectivity index (χ0v) is 18.8. The van der Waals surface area contributed by atoms with E-state index in [1.54, 1.807) is 41.5 Å². The number of carbonyl (C=O) groups excluding carboxylic acids is 2. The second kappa shape index (κ2) is 10.9. The molecule has 0 amide bonds. The Morgan fingerprint density at radius 2 is 1.31 bits per heavy atom. The van der Waals surface area contributed by atoms with Crippen LogP contribution in [-0.2, 0) is 43.8 Å². The third kappa shape index (κ3) is 12.4. The van der Waals surface area contributed by atoms with E-state index in [1.165, 1.54) is 0 Å². The molecule has 1 aromatic carbocycles. The van der Waals surface area contributed by atoms with Gasteiger partial charge < -0.3 is 9.47 Å². The first-order chi connectivity index (χ1) is 13.3. The van der Waals surface area contributed by atoms with Gasteiger partial charge in [0, 0.05) is 0 Å². The highest BCUT2D eigenvalue weighted by Gasteiger charge is 2.37. The highest BCUT2D eigenvalue weighted by molar-refractivity contribution is 7.48. The highest BCUT2D eigenvalue weighted by Crippen LogP contribution is 2.55. The van der Waals surface area contributed by atoms with Crippen molar-refractivity contribution in [3.63, 3.8) is 0 Å². The Morgan fingerprint density at radius 1 is 0.828 bits per heavy atom. The molecular weight excluding hydrogens is 399 g/mol. The van der Waals surface area contributed by atoms with Crippen LogP contribution in [0.3, 0.4) is 0 Å². The van der Waals surface area contributed by atoms with Crippen LogP contribution in [0.25, 0.3) is 0 Å². The molecule has 1 aromatic rings. The number of hydrogen-bond donors (Lipinski definition) is 0. The SMILES string of the molecule is CC(C)(C)OP(=O)(OCOC(=O)CCC(=O)OCc1ccccc1)OC(C)(C)C. The van der Waals surface area contributed by atoms with Gasteiger partial charge in [0.15, 0.2) is 0 Å². The first-order valence-corrected chi connectivity index (χ1v) is 10.8. The number of carbonyl (C=O) groups is 2. The summed E-state index contributed by atoms with van der Waals surface area (Å²) in [4.78, 5) is 23.5.